The molecular weight excluding hydrogens is 300 g/mol. The molecule has 0 saturated heterocycles. The zero-order valence-electron chi connectivity index (χ0n) is 13.4. The van der Waals surface area contributed by atoms with Crippen molar-refractivity contribution in [3.63, 3.8) is 0 Å². The van der Waals surface area contributed by atoms with Gasteiger partial charge in [-0.15, -0.1) is 0 Å². The lowest BCUT2D eigenvalue weighted by Gasteiger charge is -2.16. The Morgan fingerprint density at radius 3 is 2.23 bits per heavy atom. The van der Waals surface area contributed by atoms with E-state index in [1.54, 1.807) is 40.2 Å². The highest BCUT2D eigenvalue weighted by molar-refractivity contribution is 7.98. The molecule has 0 saturated carbocycles. The van der Waals surface area contributed by atoms with E-state index in [4.69, 9.17) is 18.9 Å². The molecule has 0 aliphatic carbocycles. The lowest BCUT2D eigenvalue weighted by atomic mass is 10.0. The molecule has 2 aromatic carbocycles. The summed E-state index contributed by atoms with van der Waals surface area (Å²) >= 11 is 1.74. The third-order valence-electron chi connectivity index (χ3n) is 3.50. The van der Waals surface area contributed by atoms with Gasteiger partial charge in [-0.3, -0.25) is 0 Å². The minimum atomic E-state index is -0.196. The average Bonchev–Trinajstić information content (AvgIpc) is 2.57. The first-order chi connectivity index (χ1) is 10.7. The second-order valence-corrected chi connectivity index (χ2v) is 5.76. The number of ether oxygens (including phenoxy) is 4. The monoisotopic (exact) mass is 322 g/mol. The zero-order valence-corrected chi connectivity index (χ0v) is 14.2. The maximum atomic E-state index is 5.64. The fourth-order valence-electron chi connectivity index (χ4n) is 2.39. The zero-order chi connectivity index (χ0) is 15.9. The summed E-state index contributed by atoms with van der Waals surface area (Å²) in [6, 6.07) is 10.1. The largest absolute Gasteiger partial charge is 0.496 e. The van der Waals surface area contributed by atoms with Crippen molar-refractivity contribution >= 4 is 22.5 Å². The SMILES string of the molecule is COc1cc(CSCC(OC)OC)c(OC)c2ccccc12. The maximum Gasteiger partial charge on any atom is 0.165 e. The summed E-state index contributed by atoms with van der Waals surface area (Å²) in [7, 11) is 6.69. The van der Waals surface area contributed by atoms with Crippen molar-refractivity contribution in [3.8, 4) is 11.5 Å². The van der Waals surface area contributed by atoms with Crippen LogP contribution in [0.4, 0.5) is 0 Å². The van der Waals surface area contributed by atoms with Crippen molar-refractivity contribution in [2.75, 3.05) is 34.2 Å². The summed E-state index contributed by atoms with van der Waals surface area (Å²) in [5, 5.41) is 2.12. The van der Waals surface area contributed by atoms with Crippen molar-refractivity contribution in [2.45, 2.75) is 12.0 Å². The Bertz CT molecular complexity index is 611. The van der Waals surface area contributed by atoms with Gasteiger partial charge in [0.1, 0.15) is 11.5 Å². The smallest absolute Gasteiger partial charge is 0.165 e. The molecule has 0 aliphatic heterocycles. The van der Waals surface area contributed by atoms with Crippen LogP contribution >= 0.6 is 11.8 Å². The van der Waals surface area contributed by atoms with Crippen molar-refractivity contribution in [1.82, 2.24) is 0 Å². The molecule has 0 heterocycles. The number of methoxy groups -OCH3 is 4. The molecule has 22 heavy (non-hydrogen) atoms. The summed E-state index contributed by atoms with van der Waals surface area (Å²) < 4.78 is 21.6. The number of hydrogen-bond donors (Lipinski definition) is 0. The van der Waals surface area contributed by atoms with Crippen LogP contribution in [0.3, 0.4) is 0 Å². The molecule has 120 valence electrons. The maximum absolute atomic E-state index is 5.64. The van der Waals surface area contributed by atoms with E-state index in [0.717, 1.165) is 39.3 Å². The molecule has 0 fully saturated rings. The Labute approximate surface area is 135 Å². The molecular formula is C17H22O4S. The molecule has 0 spiro atoms. The molecule has 0 unspecified atom stereocenters. The van der Waals surface area contributed by atoms with Crippen molar-refractivity contribution < 1.29 is 18.9 Å². The van der Waals surface area contributed by atoms with Crippen LogP contribution in [0.1, 0.15) is 5.56 Å². The van der Waals surface area contributed by atoms with Crippen molar-refractivity contribution in [3.05, 3.63) is 35.9 Å². The van der Waals surface area contributed by atoms with Crippen LogP contribution in [0.2, 0.25) is 0 Å². The van der Waals surface area contributed by atoms with Crippen LogP contribution in [0.25, 0.3) is 10.8 Å². The van der Waals surface area contributed by atoms with Gasteiger partial charge in [-0.2, -0.15) is 11.8 Å². The molecule has 0 amide bonds. The van der Waals surface area contributed by atoms with Gasteiger partial charge in [-0.25, -0.2) is 0 Å². The Morgan fingerprint density at radius 2 is 1.64 bits per heavy atom. The number of rotatable bonds is 8. The standard InChI is InChI=1S/C17H22O4S/c1-18-15-9-12(10-22-11-16(19-2)20-3)17(21-4)14-8-6-5-7-13(14)15/h5-9,16H,10-11H2,1-4H3. The topological polar surface area (TPSA) is 36.9 Å². The molecule has 4 nitrogen and oxygen atoms in total. The lowest BCUT2D eigenvalue weighted by molar-refractivity contribution is -0.0842. The van der Waals surface area contributed by atoms with Crippen molar-refractivity contribution in [1.29, 1.82) is 0 Å². The lowest BCUT2D eigenvalue weighted by Crippen LogP contribution is -2.15. The van der Waals surface area contributed by atoms with Gasteiger partial charge >= 0.3 is 0 Å². The van der Waals surface area contributed by atoms with E-state index in [0.29, 0.717) is 0 Å². The minimum Gasteiger partial charge on any atom is -0.496 e. The molecule has 5 heteroatoms. The number of thioether (sulfide) groups is 1. The summed E-state index contributed by atoms with van der Waals surface area (Å²) in [5.74, 6) is 3.32. The fraction of sp³-hybridized carbons (Fsp3) is 0.412. The highest BCUT2D eigenvalue weighted by Crippen LogP contribution is 2.38. The van der Waals surface area contributed by atoms with E-state index in [1.165, 1.54) is 0 Å². The number of fused-ring (bicyclic) bond motifs is 1. The van der Waals surface area contributed by atoms with Gasteiger partial charge in [0.25, 0.3) is 0 Å². The third kappa shape index (κ3) is 3.66. The van der Waals surface area contributed by atoms with Gasteiger partial charge in [-0.05, 0) is 6.07 Å². The number of hydrogen-bond acceptors (Lipinski definition) is 5. The first-order valence-corrected chi connectivity index (χ1v) is 8.16. The van der Waals surface area contributed by atoms with E-state index in [1.807, 2.05) is 24.3 Å². The van der Waals surface area contributed by atoms with E-state index < -0.39 is 0 Å². The summed E-state index contributed by atoms with van der Waals surface area (Å²) in [5.41, 5.74) is 1.11. The van der Waals surface area contributed by atoms with Gasteiger partial charge in [-0.1, -0.05) is 24.3 Å². The second kappa shape index (κ2) is 8.27. The van der Waals surface area contributed by atoms with Crippen LogP contribution in [-0.2, 0) is 15.2 Å². The van der Waals surface area contributed by atoms with E-state index >= 15 is 0 Å². The minimum absolute atomic E-state index is 0.196. The Morgan fingerprint density at radius 1 is 0.955 bits per heavy atom. The van der Waals surface area contributed by atoms with Crippen LogP contribution in [0, 0.1) is 0 Å². The molecule has 0 bridgehead atoms. The predicted molar refractivity (Wildman–Crippen MR) is 91.0 cm³/mol. The first kappa shape index (κ1) is 16.9. The molecule has 0 radical (unpaired) electrons. The highest BCUT2D eigenvalue weighted by Gasteiger charge is 2.14. The molecule has 0 atom stereocenters. The Hall–Kier alpha value is -1.43. The van der Waals surface area contributed by atoms with Crippen molar-refractivity contribution in [2.24, 2.45) is 0 Å². The Balaban J connectivity index is 2.28. The van der Waals surface area contributed by atoms with Gasteiger partial charge in [0.2, 0.25) is 0 Å². The highest BCUT2D eigenvalue weighted by atomic mass is 32.2. The van der Waals surface area contributed by atoms with E-state index in [-0.39, 0.29) is 6.29 Å². The second-order valence-electron chi connectivity index (χ2n) is 4.73. The first-order valence-electron chi connectivity index (χ1n) is 7.01. The summed E-state index contributed by atoms with van der Waals surface area (Å²) in [6.45, 7) is 0. The molecule has 2 aromatic rings. The van der Waals surface area contributed by atoms with E-state index in [9.17, 15) is 0 Å². The average molecular weight is 322 g/mol. The molecule has 0 N–H and O–H groups in total. The normalized spacial score (nSPS) is 11.1. The van der Waals surface area contributed by atoms with Crippen LogP contribution in [0.15, 0.2) is 30.3 Å². The van der Waals surface area contributed by atoms with Crippen LogP contribution in [0.5, 0.6) is 11.5 Å². The fourth-order valence-corrected chi connectivity index (χ4v) is 3.40. The molecule has 0 aliphatic rings. The predicted octanol–water partition coefficient (Wildman–Crippen LogP) is 3.71. The van der Waals surface area contributed by atoms with E-state index in [2.05, 4.69) is 6.07 Å². The van der Waals surface area contributed by atoms with Crippen LogP contribution < -0.4 is 9.47 Å². The quantitative estimate of drug-likeness (QED) is 0.693. The third-order valence-corrected chi connectivity index (χ3v) is 4.52. The molecule has 2 rings (SSSR count). The molecule has 0 aromatic heterocycles. The van der Waals surface area contributed by atoms with Gasteiger partial charge in [0.15, 0.2) is 6.29 Å². The summed E-state index contributed by atoms with van der Waals surface area (Å²) in [4.78, 5) is 0. The summed E-state index contributed by atoms with van der Waals surface area (Å²) in [6.07, 6.45) is -0.196. The number of benzene rings is 2. The van der Waals surface area contributed by atoms with Gasteiger partial charge in [0.05, 0.1) is 14.2 Å². The van der Waals surface area contributed by atoms with Gasteiger partial charge in [0, 0.05) is 42.1 Å². The Kier molecular flexibility index (Phi) is 6.36. The van der Waals surface area contributed by atoms with Crippen LogP contribution in [-0.4, -0.2) is 40.5 Å². The van der Waals surface area contributed by atoms with Gasteiger partial charge < -0.3 is 18.9 Å².